The second-order valence-electron chi connectivity index (χ2n) is 10.4. The number of phenols is 2. The van der Waals surface area contributed by atoms with E-state index < -0.39 is 17.5 Å². The van der Waals surface area contributed by atoms with Gasteiger partial charge in [0.15, 0.2) is 5.60 Å². The van der Waals surface area contributed by atoms with Gasteiger partial charge in [-0.05, 0) is 84.3 Å². The zero-order valence-electron chi connectivity index (χ0n) is 23.3. The monoisotopic (exact) mass is 530 g/mol. The van der Waals surface area contributed by atoms with Crippen LogP contribution in [0, 0.1) is 0 Å². The fourth-order valence-corrected chi connectivity index (χ4v) is 6.17. The number of aromatic carboxylic acids is 1. The minimum absolute atomic E-state index is 0.0167. The molecule has 0 amide bonds. The smallest absolute Gasteiger partial charge is 0.340 e. The van der Waals surface area contributed by atoms with Crippen molar-refractivity contribution in [1.29, 1.82) is 0 Å². The topological polar surface area (TPSA) is 104 Å². The molecule has 3 aromatic rings. The predicted molar refractivity (Wildman–Crippen MR) is 151 cm³/mol. The van der Waals surface area contributed by atoms with Gasteiger partial charge >= 0.3 is 11.9 Å². The number of carbonyl (C=O) groups excluding carboxylic acids is 1. The van der Waals surface area contributed by atoms with Gasteiger partial charge in [0.05, 0.1) is 11.1 Å². The molecule has 1 aliphatic heterocycles. The summed E-state index contributed by atoms with van der Waals surface area (Å²) in [5.74, 6) is -1.36. The summed E-state index contributed by atoms with van der Waals surface area (Å²) in [6, 6.07) is 11.7. The average molecular weight is 531 g/mol. The maximum absolute atomic E-state index is 13.7. The number of esters is 1. The molecule has 6 nitrogen and oxygen atoms in total. The standard InChI is InChI=1S/C33H38O6/c1-5-9-20-15-25(34)16-21(10-6-2)29(20)33(28-14-13-24(31(36)37)19-27(28)32(38)39-33)30-22(11-7-3)17-26(35)18-23(30)12-8-4/h13-19,34-35H,5-12H2,1-4H3,(H,36,37). The summed E-state index contributed by atoms with van der Waals surface area (Å²) in [4.78, 5) is 25.5. The first-order chi connectivity index (χ1) is 18.7. The second-order valence-corrected chi connectivity index (χ2v) is 10.4. The van der Waals surface area contributed by atoms with Gasteiger partial charge in [-0.3, -0.25) is 0 Å². The predicted octanol–water partition coefficient (Wildman–Crippen LogP) is 7.07. The van der Waals surface area contributed by atoms with E-state index in [2.05, 4.69) is 27.7 Å². The van der Waals surface area contributed by atoms with Crippen molar-refractivity contribution in [3.8, 4) is 11.5 Å². The molecule has 0 aromatic heterocycles. The van der Waals surface area contributed by atoms with Gasteiger partial charge < -0.3 is 20.1 Å². The molecule has 3 aromatic carbocycles. The van der Waals surface area contributed by atoms with E-state index in [0.717, 1.165) is 59.1 Å². The van der Waals surface area contributed by atoms with Crippen LogP contribution in [0.1, 0.15) is 113 Å². The number of aromatic hydroxyl groups is 2. The molecule has 0 radical (unpaired) electrons. The van der Waals surface area contributed by atoms with E-state index in [0.29, 0.717) is 31.2 Å². The summed E-state index contributed by atoms with van der Waals surface area (Å²) in [5.41, 5.74) is 4.72. The number of carboxylic acids is 1. The first-order valence-electron chi connectivity index (χ1n) is 14.0. The zero-order valence-corrected chi connectivity index (χ0v) is 23.3. The molecule has 0 fully saturated rings. The fourth-order valence-electron chi connectivity index (χ4n) is 6.17. The van der Waals surface area contributed by atoms with Crippen LogP contribution in [0.25, 0.3) is 0 Å². The third kappa shape index (κ3) is 5.00. The summed E-state index contributed by atoms with van der Waals surface area (Å²) in [7, 11) is 0. The molecule has 0 spiro atoms. The summed E-state index contributed by atoms with van der Waals surface area (Å²) >= 11 is 0. The molecule has 0 saturated carbocycles. The molecule has 6 heteroatoms. The number of ether oxygens (including phenoxy) is 1. The molecule has 206 valence electrons. The average Bonchev–Trinajstić information content (AvgIpc) is 3.16. The third-order valence-corrected chi connectivity index (χ3v) is 7.47. The molecule has 4 rings (SSSR count). The zero-order chi connectivity index (χ0) is 28.3. The quantitative estimate of drug-likeness (QED) is 0.229. The van der Waals surface area contributed by atoms with Crippen LogP contribution in [0.5, 0.6) is 11.5 Å². The van der Waals surface area contributed by atoms with E-state index in [1.54, 1.807) is 30.3 Å². The number of carbonyl (C=O) groups is 2. The van der Waals surface area contributed by atoms with E-state index in [1.165, 1.54) is 12.1 Å². The lowest BCUT2D eigenvalue weighted by atomic mass is 9.70. The summed E-state index contributed by atoms with van der Waals surface area (Å²) < 4.78 is 6.56. The number of fused-ring (bicyclic) bond motifs is 1. The minimum Gasteiger partial charge on any atom is -0.508 e. The molecule has 0 bridgehead atoms. The maximum Gasteiger partial charge on any atom is 0.340 e. The van der Waals surface area contributed by atoms with Gasteiger partial charge in [-0.2, -0.15) is 0 Å². The molecule has 0 aliphatic carbocycles. The van der Waals surface area contributed by atoms with Gasteiger partial charge in [0.25, 0.3) is 0 Å². The first kappa shape index (κ1) is 28.2. The van der Waals surface area contributed by atoms with Crippen molar-refractivity contribution in [2.45, 2.75) is 84.7 Å². The number of phenolic OH excluding ortho intramolecular Hbond substituents is 2. The molecule has 0 atom stereocenters. The molecule has 39 heavy (non-hydrogen) atoms. The highest BCUT2D eigenvalue weighted by atomic mass is 16.6. The lowest BCUT2D eigenvalue weighted by molar-refractivity contribution is 0.0241. The number of aryl methyl sites for hydroxylation is 4. The van der Waals surface area contributed by atoms with Gasteiger partial charge in [-0.15, -0.1) is 0 Å². The Morgan fingerprint density at radius 1 is 0.718 bits per heavy atom. The minimum atomic E-state index is -1.35. The van der Waals surface area contributed by atoms with Crippen molar-refractivity contribution < 1.29 is 29.6 Å². The van der Waals surface area contributed by atoms with E-state index >= 15 is 0 Å². The van der Waals surface area contributed by atoms with E-state index in [1.807, 2.05) is 0 Å². The highest BCUT2D eigenvalue weighted by Gasteiger charge is 2.52. The summed E-state index contributed by atoms with van der Waals surface area (Å²) in [6.07, 6.45) is 5.90. The Morgan fingerprint density at radius 3 is 1.49 bits per heavy atom. The Morgan fingerprint density at radius 2 is 1.13 bits per heavy atom. The Hall–Kier alpha value is -3.80. The van der Waals surface area contributed by atoms with E-state index in [9.17, 15) is 24.9 Å². The molecule has 0 unspecified atom stereocenters. The SMILES string of the molecule is CCCc1cc(O)cc(CCC)c1C1(c2c(CCC)cc(O)cc2CCC)OC(=O)c2cc(C(=O)O)ccc21. The van der Waals surface area contributed by atoms with E-state index in [4.69, 9.17) is 4.74 Å². The first-order valence-corrected chi connectivity index (χ1v) is 14.0. The fraction of sp³-hybridized carbons (Fsp3) is 0.394. The molecular formula is C33H38O6. The number of benzene rings is 3. The summed E-state index contributed by atoms with van der Waals surface area (Å²) in [6.45, 7) is 8.28. The van der Waals surface area contributed by atoms with Crippen LogP contribution >= 0.6 is 0 Å². The second kappa shape index (κ2) is 11.5. The van der Waals surface area contributed by atoms with Crippen LogP contribution in [-0.4, -0.2) is 27.3 Å². The third-order valence-electron chi connectivity index (χ3n) is 7.47. The van der Waals surface area contributed by atoms with Gasteiger partial charge in [-0.25, -0.2) is 9.59 Å². The lowest BCUT2D eigenvalue weighted by Gasteiger charge is -2.37. The maximum atomic E-state index is 13.7. The van der Waals surface area contributed by atoms with Crippen LogP contribution in [-0.2, 0) is 36.0 Å². The van der Waals surface area contributed by atoms with Crippen molar-refractivity contribution in [2.75, 3.05) is 0 Å². The van der Waals surface area contributed by atoms with Crippen LogP contribution in [0.2, 0.25) is 0 Å². The van der Waals surface area contributed by atoms with Crippen molar-refractivity contribution in [2.24, 2.45) is 0 Å². The molecular weight excluding hydrogens is 492 g/mol. The number of carboxylic acid groups (broad SMARTS) is 1. The van der Waals surface area contributed by atoms with Crippen molar-refractivity contribution in [1.82, 2.24) is 0 Å². The number of hydrogen-bond donors (Lipinski definition) is 3. The Bertz CT molecular complexity index is 1280. The number of hydrogen-bond acceptors (Lipinski definition) is 5. The van der Waals surface area contributed by atoms with Crippen LogP contribution in [0.15, 0.2) is 42.5 Å². The highest BCUT2D eigenvalue weighted by Crippen LogP contribution is 2.53. The largest absolute Gasteiger partial charge is 0.508 e. The van der Waals surface area contributed by atoms with Gasteiger partial charge in [0.2, 0.25) is 0 Å². The van der Waals surface area contributed by atoms with Crippen molar-refractivity contribution in [3.05, 3.63) is 92.5 Å². The van der Waals surface area contributed by atoms with Crippen molar-refractivity contribution >= 4 is 11.9 Å². The van der Waals surface area contributed by atoms with Crippen molar-refractivity contribution in [3.63, 3.8) is 0 Å². The molecule has 1 heterocycles. The summed E-state index contributed by atoms with van der Waals surface area (Å²) in [5, 5.41) is 31.1. The van der Waals surface area contributed by atoms with E-state index in [-0.39, 0.29) is 22.6 Å². The Labute approximate surface area is 230 Å². The Balaban J connectivity index is 2.25. The van der Waals surface area contributed by atoms with Gasteiger partial charge in [0, 0.05) is 16.7 Å². The normalized spacial score (nSPS) is 13.8. The van der Waals surface area contributed by atoms with Gasteiger partial charge in [0.1, 0.15) is 11.5 Å². The van der Waals surface area contributed by atoms with Crippen LogP contribution in [0.3, 0.4) is 0 Å². The van der Waals surface area contributed by atoms with Crippen LogP contribution in [0.4, 0.5) is 0 Å². The lowest BCUT2D eigenvalue weighted by Crippen LogP contribution is -2.35. The van der Waals surface area contributed by atoms with Gasteiger partial charge in [-0.1, -0.05) is 59.4 Å². The highest BCUT2D eigenvalue weighted by molar-refractivity contribution is 6.00. The molecule has 1 aliphatic rings. The van der Waals surface area contributed by atoms with Crippen LogP contribution < -0.4 is 0 Å². The molecule has 0 saturated heterocycles. The Kier molecular flexibility index (Phi) is 8.34. The molecule has 3 N–H and O–H groups in total. The number of rotatable bonds is 11. The number of cyclic esters (lactones) is 1.